The maximum Gasteiger partial charge on any atom is 0.138 e. The van der Waals surface area contributed by atoms with Gasteiger partial charge in [0.05, 0.1) is 12.1 Å². The van der Waals surface area contributed by atoms with E-state index in [-0.39, 0.29) is 0 Å². The maximum atomic E-state index is 6.27. The van der Waals surface area contributed by atoms with Gasteiger partial charge in [-0.15, -0.1) is 0 Å². The molecule has 0 atom stereocenters. The average Bonchev–Trinajstić information content (AvgIpc) is 2.27. The topological polar surface area (TPSA) is 21.3 Å². The number of methoxy groups -OCH3 is 1. The van der Waals surface area contributed by atoms with Gasteiger partial charge in [0.25, 0.3) is 0 Å². The largest absolute Gasteiger partial charge is 0.495 e. The summed E-state index contributed by atoms with van der Waals surface area (Å²) < 4.78 is 5.30. The highest BCUT2D eigenvalue weighted by atomic mass is 35.5. The highest BCUT2D eigenvalue weighted by Gasteiger charge is 2.11. The third-order valence-electron chi connectivity index (χ3n) is 2.67. The first-order chi connectivity index (χ1) is 7.60. The number of nitrogens with one attached hydrogen (secondary N) is 1. The Bertz CT molecular complexity index is 350. The number of ether oxygens (including phenoxy) is 1. The van der Waals surface area contributed by atoms with Gasteiger partial charge in [-0.05, 0) is 43.1 Å². The monoisotopic (exact) mass is 241 g/mol. The van der Waals surface area contributed by atoms with Crippen molar-refractivity contribution in [3.8, 4) is 5.75 Å². The van der Waals surface area contributed by atoms with Crippen molar-refractivity contribution in [1.29, 1.82) is 0 Å². The molecule has 90 valence electrons. The normalized spacial score (nSPS) is 10.9. The van der Waals surface area contributed by atoms with Gasteiger partial charge in [0.2, 0.25) is 0 Å². The van der Waals surface area contributed by atoms with Crippen LogP contribution < -0.4 is 10.1 Å². The fraction of sp³-hybridized carbons (Fsp3) is 0.538. The van der Waals surface area contributed by atoms with Crippen LogP contribution in [0.25, 0.3) is 0 Å². The first-order valence-corrected chi connectivity index (χ1v) is 5.98. The minimum Gasteiger partial charge on any atom is -0.495 e. The molecule has 0 amide bonds. The molecule has 0 unspecified atom stereocenters. The number of hydrogen-bond acceptors (Lipinski definition) is 2. The predicted molar refractivity (Wildman–Crippen MR) is 69.7 cm³/mol. The van der Waals surface area contributed by atoms with Crippen molar-refractivity contribution in [2.75, 3.05) is 20.7 Å². The van der Waals surface area contributed by atoms with E-state index in [4.69, 9.17) is 16.3 Å². The zero-order chi connectivity index (χ0) is 12.1. The molecule has 2 nitrogen and oxygen atoms in total. The molecule has 0 saturated carbocycles. The zero-order valence-electron chi connectivity index (χ0n) is 10.4. The van der Waals surface area contributed by atoms with E-state index in [2.05, 4.69) is 25.2 Å². The summed E-state index contributed by atoms with van der Waals surface area (Å²) in [5.74, 6) is 1.26. The quantitative estimate of drug-likeness (QED) is 0.855. The minimum atomic E-state index is 0.486. The highest BCUT2D eigenvalue weighted by Crippen LogP contribution is 2.32. The Labute approximate surface area is 103 Å². The van der Waals surface area contributed by atoms with Crippen LogP contribution in [0.5, 0.6) is 5.75 Å². The van der Waals surface area contributed by atoms with E-state index in [9.17, 15) is 0 Å². The first kappa shape index (κ1) is 13.3. The van der Waals surface area contributed by atoms with Gasteiger partial charge in [-0.1, -0.05) is 31.5 Å². The lowest BCUT2D eigenvalue weighted by molar-refractivity contribution is 0.413. The molecule has 0 aromatic heterocycles. The number of hydrogen-bond donors (Lipinski definition) is 1. The summed E-state index contributed by atoms with van der Waals surface area (Å²) in [5, 5.41) is 3.87. The molecule has 16 heavy (non-hydrogen) atoms. The van der Waals surface area contributed by atoms with Crippen LogP contribution in [0.4, 0.5) is 0 Å². The fourth-order valence-corrected chi connectivity index (χ4v) is 1.88. The van der Waals surface area contributed by atoms with Crippen LogP contribution in [0.3, 0.4) is 0 Å². The van der Waals surface area contributed by atoms with Crippen molar-refractivity contribution in [2.24, 2.45) is 0 Å². The zero-order valence-corrected chi connectivity index (χ0v) is 11.2. The second kappa shape index (κ2) is 6.12. The summed E-state index contributed by atoms with van der Waals surface area (Å²) in [6, 6.07) is 4.20. The standard InChI is InChI=1S/C13H20ClNO/c1-9(2)11-7-10(5-6-15-3)13(14)12(8-11)16-4/h7-9,15H,5-6H2,1-4H3. The van der Waals surface area contributed by atoms with Gasteiger partial charge in [0.1, 0.15) is 5.75 Å². The fourth-order valence-electron chi connectivity index (χ4n) is 1.60. The SMILES string of the molecule is CNCCc1cc(C(C)C)cc(OC)c1Cl. The van der Waals surface area contributed by atoms with Crippen LogP contribution in [0.15, 0.2) is 12.1 Å². The van der Waals surface area contributed by atoms with Gasteiger partial charge in [0.15, 0.2) is 0 Å². The summed E-state index contributed by atoms with van der Waals surface area (Å²) in [6.45, 7) is 5.26. The summed E-state index contributed by atoms with van der Waals surface area (Å²) >= 11 is 6.27. The molecule has 1 N–H and O–H groups in total. The van der Waals surface area contributed by atoms with Crippen LogP contribution in [0.1, 0.15) is 30.9 Å². The summed E-state index contributed by atoms with van der Waals surface area (Å²) in [4.78, 5) is 0. The van der Waals surface area contributed by atoms with Crippen molar-refractivity contribution in [2.45, 2.75) is 26.2 Å². The Morgan fingerprint density at radius 3 is 2.56 bits per heavy atom. The van der Waals surface area contributed by atoms with Crippen LogP contribution in [-0.2, 0) is 6.42 Å². The lowest BCUT2D eigenvalue weighted by Gasteiger charge is -2.14. The minimum absolute atomic E-state index is 0.486. The van der Waals surface area contributed by atoms with E-state index in [0.717, 1.165) is 29.3 Å². The predicted octanol–water partition coefficient (Wildman–Crippen LogP) is 3.23. The van der Waals surface area contributed by atoms with Gasteiger partial charge in [-0.25, -0.2) is 0 Å². The lowest BCUT2D eigenvalue weighted by Crippen LogP contribution is -2.11. The molecule has 1 aromatic rings. The summed E-state index contributed by atoms with van der Waals surface area (Å²) in [5.41, 5.74) is 2.42. The Hall–Kier alpha value is -0.730. The van der Waals surface area contributed by atoms with E-state index in [1.807, 2.05) is 13.1 Å². The molecule has 0 fully saturated rings. The van der Waals surface area contributed by atoms with Crippen LogP contribution in [0, 0.1) is 0 Å². The highest BCUT2D eigenvalue weighted by molar-refractivity contribution is 6.32. The number of rotatable bonds is 5. The molecule has 0 aliphatic rings. The van der Waals surface area contributed by atoms with Crippen LogP contribution in [0.2, 0.25) is 5.02 Å². The van der Waals surface area contributed by atoms with E-state index in [1.165, 1.54) is 5.56 Å². The average molecular weight is 242 g/mol. The second-order valence-electron chi connectivity index (χ2n) is 4.20. The molecule has 1 aromatic carbocycles. The van der Waals surface area contributed by atoms with Gasteiger partial charge >= 0.3 is 0 Å². The second-order valence-corrected chi connectivity index (χ2v) is 4.58. The Morgan fingerprint density at radius 2 is 2.06 bits per heavy atom. The van der Waals surface area contributed by atoms with Crippen LogP contribution >= 0.6 is 11.6 Å². The maximum absolute atomic E-state index is 6.27. The molecule has 0 radical (unpaired) electrons. The molecule has 0 heterocycles. The lowest BCUT2D eigenvalue weighted by atomic mass is 9.99. The van der Waals surface area contributed by atoms with Crippen molar-refractivity contribution >= 4 is 11.6 Å². The van der Waals surface area contributed by atoms with Gasteiger partial charge < -0.3 is 10.1 Å². The molecule has 3 heteroatoms. The molecule has 1 rings (SSSR count). The Balaban J connectivity index is 3.08. The third-order valence-corrected chi connectivity index (χ3v) is 3.10. The number of likely N-dealkylation sites (N-methyl/N-ethyl adjacent to an activating group) is 1. The van der Waals surface area contributed by atoms with E-state index in [0.29, 0.717) is 5.92 Å². The van der Waals surface area contributed by atoms with Gasteiger partial charge in [0, 0.05) is 0 Å². The summed E-state index contributed by atoms with van der Waals surface area (Å²) in [6.07, 6.45) is 0.923. The van der Waals surface area contributed by atoms with Gasteiger partial charge in [-0.2, -0.15) is 0 Å². The Kier molecular flexibility index (Phi) is 5.10. The van der Waals surface area contributed by atoms with Crippen molar-refractivity contribution in [3.05, 3.63) is 28.3 Å². The molecular weight excluding hydrogens is 222 g/mol. The summed E-state index contributed by atoms with van der Waals surface area (Å²) in [7, 11) is 3.60. The van der Waals surface area contributed by atoms with Crippen molar-refractivity contribution < 1.29 is 4.74 Å². The van der Waals surface area contributed by atoms with E-state index < -0.39 is 0 Å². The Morgan fingerprint density at radius 1 is 1.38 bits per heavy atom. The molecule has 0 bridgehead atoms. The van der Waals surface area contributed by atoms with E-state index in [1.54, 1.807) is 7.11 Å². The molecule has 0 aliphatic carbocycles. The number of halogens is 1. The molecule has 0 aliphatic heterocycles. The molecule has 0 saturated heterocycles. The smallest absolute Gasteiger partial charge is 0.138 e. The third kappa shape index (κ3) is 3.13. The van der Waals surface area contributed by atoms with Gasteiger partial charge in [-0.3, -0.25) is 0 Å². The first-order valence-electron chi connectivity index (χ1n) is 5.61. The molecule has 0 spiro atoms. The van der Waals surface area contributed by atoms with Crippen LogP contribution in [-0.4, -0.2) is 20.7 Å². The van der Waals surface area contributed by atoms with Crippen molar-refractivity contribution in [1.82, 2.24) is 5.32 Å². The molecular formula is C13H20ClNO. The van der Waals surface area contributed by atoms with E-state index >= 15 is 0 Å². The van der Waals surface area contributed by atoms with Crippen molar-refractivity contribution in [3.63, 3.8) is 0 Å². The number of benzene rings is 1.